The number of carbonyl (C=O) groups excluding carboxylic acids is 1. The Morgan fingerprint density at radius 1 is 1.33 bits per heavy atom. The Kier molecular flexibility index (Phi) is 3.23. The van der Waals surface area contributed by atoms with E-state index in [1.54, 1.807) is 0 Å². The van der Waals surface area contributed by atoms with Gasteiger partial charge < -0.3 is 11.1 Å². The molecule has 1 aromatic heterocycles. The van der Waals surface area contributed by atoms with E-state index in [2.05, 4.69) is 21.2 Å². The molecule has 2 aliphatic carbocycles. The molecule has 1 heterocycles. The minimum atomic E-state index is -0.00171. The summed E-state index contributed by atoms with van der Waals surface area (Å²) in [6.45, 7) is 0. The number of carbonyl (C=O) groups is 1. The minimum Gasteiger partial charge on any atom is -0.397 e. The molecular weight excluding hydrogens is 348 g/mol. The van der Waals surface area contributed by atoms with Gasteiger partial charge in [0.15, 0.2) is 0 Å². The number of rotatable bonds is 2. The molecule has 3 N–H and O–H groups in total. The summed E-state index contributed by atoms with van der Waals surface area (Å²) in [5.74, 6) is 1.51. The minimum absolute atomic E-state index is 0.00171. The molecule has 110 valence electrons. The fourth-order valence-electron chi connectivity index (χ4n) is 3.95. The van der Waals surface area contributed by atoms with Gasteiger partial charge in [0.2, 0.25) is 0 Å². The Labute approximate surface area is 136 Å². The number of thiophene rings is 1. The Morgan fingerprint density at radius 3 is 2.86 bits per heavy atom. The van der Waals surface area contributed by atoms with Crippen molar-refractivity contribution in [1.82, 2.24) is 5.32 Å². The highest BCUT2D eigenvalue weighted by Crippen LogP contribution is 2.45. The number of benzene rings is 1. The van der Waals surface area contributed by atoms with E-state index in [1.165, 1.54) is 30.6 Å². The Hall–Kier alpha value is -1.07. The summed E-state index contributed by atoms with van der Waals surface area (Å²) in [6, 6.07) is 6.29. The van der Waals surface area contributed by atoms with Crippen molar-refractivity contribution in [2.75, 3.05) is 5.73 Å². The molecule has 2 aliphatic rings. The van der Waals surface area contributed by atoms with E-state index in [0.717, 1.165) is 26.9 Å². The molecule has 3 atom stereocenters. The fourth-order valence-corrected chi connectivity index (χ4v) is 5.72. The van der Waals surface area contributed by atoms with Crippen molar-refractivity contribution in [2.24, 2.45) is 11.8 Å². The average Bonchev–Trinajstić information content (AvgIpc) is 3.13. The highest BCUT2D eigenvalue weighted by molar-refractivity contribution is 9.10. The van der Waals surface area contributed by atoms with Gasteiger partial charge in [-0.1, -0.05) is 28.4 Å². The molecule has 2 bridgehead atoms. The topological polar surface area (TPSA) is 55.1 Å². The van der Waals surface area contributed by atoms with E-state index in [4.69, 9.17) is 5.73 Å². The number of nitrogens with one attached hydrogen (secondary N) is 1. The van der Waals surface area contributed by atoms with Crippen LogP contribution in [0.4, 0.5) is 5.69 Å². The lowest BCUT2D eigenvalue weighted by atomic mass is 9.95. The van der Waals surface area contributed by atoms with Crippen LogP contribution in [-0.4, -0.2) is 11.9 Å². The summed E-state index contributed by atoms with van der Waals surface area (Å²) in [6.07, 6.45) is 5.04. The molecule has 0 radical (unpaired) electrons. The summed E-state index contributed by atoms with van der Waals surface area (Å²) in [7, 11) is 0. The molecule has 4 rings (SSSR count). The van der Waals surface area contributed by atoms with Gasteiger partial charge in [-0.25, -0.2) is 0 Å². The van der Waals surface area contributed by atoms with Crippen molar-refractivity contribution in [3.8, 4) is 0 Å². The van der Waals surface area contributed by atoms with Gasteiger partial charge in [0.1, 0.15) is 4.88 Å². The lowest BCUT2D eigenvalue weighted by molar-refractivity contribution is 0.0928. The molecule has 1 aromatic carbocycles. The predicted octanol–water partition coefficient (Wildman–Crippen LogP) is 4.16. The van der Waals surface area contributed by atoms with Crippen molar-refractivity contribution >= 4 is 48.9 Å². The number of nitrogen functional groups attached to an aromatic ring is 1. The van der Waals surface area contributed by atoms with Crippen LogP contribution < -0.4 is 11.1 Å². The van der Waals surface area contributed by atoms with Crippen LogP contribution in [0, 0.1) is 11.8 Å². The lowest BCUT2D eigenvalue weighted by Crippen LogP contribution is -2.38. The second kappa shape index (κ2) is 4.99. The Morgan fingerprint density at radius 2 is 2.19 bits per heavy atom. The maximum atomic E-state index is 12.6. The summed E-state index contributed by atoms with van der Waals surface area (Å²) < 4.78 is 2.01. The second-order valence-electron chi connectivity index (χ2n) is 6.21. The number of halogens is 1. The second-order valence-corrected chi connectivity index (χ2v) is 8.12. The quantitative estimate of drug-likeness (QED) is 0.840. The maximum absolute atomic E-state index is 12.6. The van der Waals surface area contributed by atoms with Crippen LogP contribution in [0.2, 0.25) is 0 Å². The number of hydrogen-bond acceptors (Lipinski definition) is 3. The number of fused-ring (bicyclic) bond motifs is 3. The number of amides is 1. The zero-order chi connectivity index (χ0) is 14.6. The molecule has 21 heavy (non-hydrogen) atoms. The maximum Gasteiger partial charge on any atom is 0.263 e. The van der Waals surface area contributed by atoms with Gasteiger partial charge >= 0.3 is 0 Å². The number of hydrogen-bond donors (Lipinski definition) is 2. The van der Waals surface area contributed by atoms with Gasteiger partial charge in [0.25, 0.3) is 5.91 Å². The predicted molar refractivity (Wildman–Crippen MR) is 90.6 cm³/mol. The molecule has 2 aromatic rings. The van der Waals surface area contributed by atoms with Crippen molar-refractivity contribution in [2.45, 2.75) is 31.7 Å². The average molecular weight is 365 g/mol. The van der Waals surface area contributed by atoms with E-state index in [0.29, 0.717) is 22.5 Å². The van der Waals surface area contributed by atoms with Gasteiger partial charge in [-0.15, -0.1) is 11.3 Å². The van der Waals surface area contributed by atoms with E-state index in [-0.39, 0.29) is 5.91 Å². The van der Waals surface area contributed by atoms with E-state index in [1.807, 2.05) is 18.2 Å². The molecular formula is C16H17BrN2OS. The summed E-state index contributed by atoms with van der Waals surface area (Å²) in [5, 5.41) is 4.18. The first-order valence-electron chi connectivity index (χ1n) is 7.41. The van der Waals surface area contributed by atoms with Gasteiger partial charge in [0.05, 0.1) is 5.69 Å². The third-order valence-electron chi connectivity index (χ3n) is 4.96. The molecule has 0 aliphatic heterocycles. The third-order valence-corrected chi connectivity index (χ3v) is 6.79. The first kappa shape index (κ1) is 13.6. The smallest absolute Gasteiger partial charge is 0.263 e. The molecule has 1 amide bonds. The van der Waals surface area contributed by atoms with Gasteiger partial charge in [-0.2, -0.15) is 0 Å². The van der Waals surface area contributed by atoms with Crippen molar-refractivity contribution in [3.63, 3.8) is 0 Å². The molecule has 2 fully saturated rings. The van der Waals surface area contributed by atoms with Crippen LogP contribution in [-0.2, 0) is 0 Å². The van der Waals surface area contributed by atoms with Crippen LogP contribution in [0.1, 0.15) is 35.4 Å². The molecule has 5 heteroatoms. The Bertz CT molecular complexity index is 726. The standard InChI is InChI=1S/C16H17BrN2OS/c17-10-2-1-3-12-13(10)14(18)15(21-12)16(20)19-11-7-8-4-5-9(11)6-8/h1-3,8-9,11H,4-7,18H2,(H,19,20). The highest BCUT2D eigenvalue weighted by atomic mass is 79.9. The van der Waals surface area contributed by atoms with E-state index in [9.17, 15) is 4.79 Å². The largest absolute Gasteiger partial charge is 0.397 e. The first-order chi connectivity index (χ1) is 10.1. The lowest BCUT2D eigenvalue weighted by Gasteiger charge is -2.22. The Balaban J connectivity index is 1.62. The van der Waals surface area contributed by atoms with Crippen LogP contribution >= 0.6 is 27.3 Å². The van der Waals surface area contributed by atoms with Crippen LogP contribution in [0.3, 0.4) is 0 Å². The zero-order valence-corrected chi connectivity index (χ0v) is 14.0. The van der Waals surface area contributed by atoms with E-state index < -0.39 is 0 Å². The van der Waals surface area contributed by atoms with Crippen LogP contribution in [0.25, 0.3) is 10.1 Å². The summed E-state index contributed by atoms with van der Waals surface area (Å²) in [5.41, 5.74) is 6.81. The number of anilines is 1. The molecule has 0 spiro atoms. The fraction of sp³-hybridized carbons (Fsp3) is 0.438. The van der Waals surface area contributed by atoms with Crippen LogP contribution in [0.15, 0.2) is 22.7 Å². The molecule has 3 nitrogen and oxygen atoms in total. The zero-order valence-electron chi connectivity index (χ0n) is 11.6. The normalized spacial score (nSPS) is 27.4. The highest BCUT2D eigenvalue weighted by Gasteiger charge is 2.40. The monoisotopic (exact) mass is 364 g/mol. The summed E-state index contributed by atoms with van der Waals surface area (Å²) >= 11 is 5.00. The van der Waals surface area contributed by atoms with E-state index >= 15 is 0 Å². The number of nitrogens with two attached hydrogens (primary N) is 1. The molecule has 2 saturated carbocycles. The molecule has 3 unspecified atom stereocenters. The van der Waals surface area contributed by atoms with Gasteiger partial charge in [-0.05, 0) is 43.2 Å². The van der Waals surface area contributed by atoms with Crippen molar-refractivity contribution < 1.29 is 4.79 Å². The van der Waals surface area contributed by atoms with Crippen molar-refractivity contribution in [3.05, 3.63) is 27.5 Å². The first-order valence-corrected chi connectivity index (χ1v) is 9.02. The van der Waals surface area contributed by atoms with Crippen molar-refractivity contribution in [1.29, 1.82) is 0 Å². The van der Waals surface area contributed by atoms with Crippen LogP contribution in [0.5, 0.6) is 0 Å². The molecule has 0 saturated heterocycles. The SMILES string of the molecule is Nc1c(C(=O)NC2CC3CCC2C3)sc2cccc(Br)c12. The van der Waals surface area contributed by atoms with Gasteiger partial charge in [-0.3, -0.25) is 4.79 Å². The summed E-state index contributed by atoms with van der Waals surface area (Å²) in [4.78, 5) is 13.2. The third kappa shape index (κ3) is 2.18. The van der Waals surface area contributed by atoms with Gasteiger partial charge in [0, 0.05) is 20.6 Å².